The number of hydrogen-bond donors (Lipinski definition) is 2. The summed E-state index contributed by atoms with van der Waals surface area (Å²) in [5, 5.41) is 3.05. The van der Waals surface area contributed by atoms with Crippen molar-refractivity contribution in [2.75, 3.05) is 42.3 Å². The Morgan fingerprint density at radius 3 is 2.56 bits per heavy atom. The van der Waals surface area contributed by atoms with Crippen LogP contribution in [0.5, 0.6) is 5.75 Å². The summed E-state index contributed by atoms with van der Waals surface area (Å²) in [6.45, 7) is 5.73. The molecule has 0 unspecified atom stereocenters. The Bertz CT molecular complexity index is 1150. The molecular weight excluding hydrogens is 451 g/mol. The summed E-state index contributed by atoms with van der Waals surface area (Å²) in [6, 6.07) is 5.62. The molecule has 0 saturated carbocycles. The number of halogens is 3. The molecule has 1 aliphatic heterocycles. The highest BCUT2D eigenvalue weighted by Gasteiger charge is 2.35. The number of aromatic nitrogens is 4. The molecule has 1 saturated heterocycles. The van der Waals surface area contributed by atoms with Crippen LogP contribution in [-0.2, 0) is 10.9 Å². The fraction of sp³-hybridized carbons (Fsp3) is 0.364. The van der Waals surface area contributed by atoms with E-state index >= 15 is 0 Å². The molecule has 4 heterocycles. The fourth-order valence-electron chi connectivity index (χ4n) is 3.41. The van der Waals surface area contributed by atoms with Gasteiger partial charge in [0.1, 0.15) is 23.2 Å². The van der Waals surface area contributed by atoms with Crippen molar-refractivity contribution >= 4 is 23.4 Å². The van der Waals surface area contributed by atoms with E-state index in [1.807, 2.05) is 18.7 Å². The summed E-state index contributed by atoms with van der Waals surface area (Å²) < 4.78 is 52.4. The topological polar surface area (TPSA) is 111 Å². The van der Waals surface area contributed by atoms with Gasteiger partial charge in [-0.05, 0) is 26.0 Å². The quantitative estimate of drug-likeness (QED) is 0.548. The third-order valence-corrected chi connectivity index (χ3v) is 4.87. The predicted molar refractivity (Wildman–Crippen MR) is 121 cm³/mol. The van der Waals surface area contributed by atoms with Gasteiger partial charge in [-0.15, -0.1) is 0 Å². The van der Waals surface area contributed by atoms with Gasteiger partial charge < -0.3 is 25.4 Å². The van der Waals surface area contributed by atoms with E-state index in [9.17, 15) is 13.2 Å². The molecule has 0 radical (unpaired) electrons. The zero-order valence-corrected chi connectivity index (χ0v) is 18.6. The molecule has 0 bridgehead atoms. The van der Waals surface area contributed by atoms with E-state index in [1.54, 1.807) is 18.3 Å². The second-order valence-electron chi connectivity index (χ2n) is 7.86. The van der Waals surface area contributed by atoms with Gasteiger partial charge in [-0.1, -0.05) is 0 Å². The third-order valence-electron chi connectivity index (χ3n) is 4.87. The average Bonchev–Trinajstić information content (AvgIpc) is 2.78. The second-order valence-corrected chi connectivity index (χ2v) is 7.86. The van der Waals surface area contributed by atoms with Crippen LogP contribution in [-0.4, -0.2) is 52.3 Å². The van der Waals surface area contributed by atoms with Gasteiger partial charge in [-0.3, -0.25) is 0 Å². The normalized spacial score (nSPS) is 14.4. The van der Waals surface area contributed by atoms with Gasteiger partial charge in [-0.25, -0.2) is 15.0 Å². The monoisotopic (exact) mass is 475 g/mol. The Balaban J connectivity index is 1.77. The van der Waals surface area contributed by atoms with Crippen LogP contribution >= 0.6 is 0 Å². The first-order valence-corrected chi connectivity index (χ1v) is 10.6. The van der Waals surface area contributed by atoms with Crippen molar-refractivity contribution in [1.82, 2.24) is 19.9 Å². The molecule has 3 aromatic rings. The lowest BCUT2D eigenvalue weighted by atomic mass is 10.1. The van der Waals surface area contributed by atoms with Crippen LogP contribution in [0.2, 0.25) is 0 Å². The molecule has 0 atom stereocenters. The molecule has 0 amide bonds. The highest BCUT2D eigenvalue weighted by molar-refractivity contribution is 5.70. The summed E-state index contributed by atoms with van der Waals surface area (Å²) in [5.41, 5.74) is 4.45. The molecule has 34 heavy (non-hydrogen) atoms. The van der Waals surface area contributed by atoms with Crippen molar-refractivity contribution in [3.8, 4) is 17.0 Å². The number of rotatable bonds is 6. The molecule has 180 valence electrons. The van der Waals surface area contributed by atoms with Crippen LogP contribution in [0.3, 0.4) is 0 Å². The van der Waals surface area contributed by atoms with E-state index in [0.717, 1.165) is 12.3 Å². The van der Waals surface area contributed by atoms with E-state index in [1.165, 1.54) is 6.07 Å². The number of nitrogens with two attached hydrogens (primary N) is 1. The van der Waals surface area contributed by atoms with Crippen molar-refractivity contribution in [2.24, 2.45) is 0 Å². The Morgan fingerprint density at radius 1 is 1.09 bits per heavy atom. The van der Waals surface area contributed by atoms with Crippen molar-refractivity contribution in [2.45, 2.75) is 26.1 Å². The maximum absolute atomic E-state index is 13.8. The first-order chi connectivity index (χ1) is 16.2. The van der Waals surface area contributed by atoms with Gasteiger partial charge >= 0.3 is 6.18 Å². The van der Waals surface area contributed by atoms with E-state index in [0.29, 0.717) is 37.9 Å². The smallest absolute Gasteiger partial charge is 0.417 e. The molecule has 3 N–H and O–H groups in total. The summed E-state index contributed by atoms with van der Waals surface area (Å²) in [6.07, 6.45) is -2.04. The Hall–Kier alpha value is -3.67. The predicted octanol–water partition coefficient (Wildman–Crippen LogP) is 3.90. The highest BCUT2D eigenvalue weighted by atomic mass is 19.4. The Labute approximate surface area is 194 Å². The lowest BCUT2D eigenvalue weighted by Gasteiger charge is -2.27. The number of nitrogens with one attached hydrogen (secondary N) is 1. The minimum Gasteiger partial charge on any atom is -0.491 e. The number of hydrogen-bond acceptors (Lipinski definition) is 9. The van der Waals surface area contributed by atoms with Crippen LogP contribution in [0.4, 0.5) is 36.6 Å². The fourth-order valence-corrected chi connectivity index (χ4v) is 3.41. The molecule has 3 aromatic heterocycles. The molecule has 0 spiro atoms. The van der Waals surface area contributed by atoms with Gasteiger partial charge in [0.25, 0.3) is 0 Å². The lowest BCUT2D eigenvalue weighted by Crippen LogP contribution is -2.37. The number of anilines is 4. The van der Waals surface area contributed by atoms with Crippen LogP contribution in [0.1, 0.15) is 19.4 Å². The van der Waals surface area contributed by atoms with E-state index in [4.69, 9.17) is 15.2 Å². The van der Waals surface area contributed by atoms with Gasteiger partial charge in [0.2, 0.25) is 5.95 Å². The second kappa shape index (κ2) is 9.67. The highest BCUT2D eigenvalue weighted by Crippen LogP contribution is 2.38. The van der Waals surface area contributed by atoms with Crippen molar-refractivity contribution < 1.29 is 22.6 Å². The Morgan fingerprint density at radius 2 is 1.85 bits per heavy atom. The SMILES string of the molecule is CC(C)Oc1ccnc(Nc2cc(-c3cnc(N)cc3C(F)(F)F)nc(N3CCOCC3)n2)c1. The molecule has 4 rings (SSSR count). The van der Waals surface area contributed by atoms with Crippen LogP contribution in [0, 0.1) is 0 Å². The largest absolute Gasteiger partial charge is 0.491 e. The molecular formula is C22H24F3N7O2. The summed E-state index contributed by atoms with van der Waals surface area (Å²) in [5.74, 6) is 1.32. The number of ether oxygens (including phenoxy) is 2. The maximum atomic E-state index is 13.8. The first kappa shape index (κ1) is 23.5. The maximum Gasteiger partial charge on any atom is 0.417 e. The van der Waals surface area contributed by atoms with Crippen molar-refractivity contribution in [3.05, 3.63) is 42.2 Å². The molecule has 1 fully saturated rings. The number of morpholine rings is 1. The van der Waals surface area contributed by atoms with Crippen molar-refractivity contribution in [1.29, 1.82) is 0 Å². The van der Waals surface area contributed by atoms with Gasteiger partial charge in [-0.2, -0.15) is 18.2 Å². The summed E-state index contributed by atoms with van der Waals surface area (Å²) >= 11 is 0. The molecule has 9 nitrogen and oxygen atoms in total. The molecule has 1 aliphatic rings. The number of nitrogens with zero attached hydrogens (tertiary/aromatic N) is 5. The standard InChI is InChI=1S/C22H24F3N7O2/c1-13(2)34-14-3-4-27-19(9-14)30-20-11-17(29-21(31-20)32-5-7-33-8-6-32)15-12-28-18(26)10-16(15)22(23,24)25/h3-4,9-13H,5-8H2,1-2H3,(H2,26,28)(H,27,29,30,31). The van der Waals surface area contributed by atoms with Gasteiger partial charge in [0.15, 0.2) is 0 Å². The number of nitrogen functional groups attached to an aromatic ring is 1. The van der Waals surface area contributed by atoms with E-state index in [2.05, 4.69) is 25.3 Å². The number of pyridine rings is 2. The summed E-state index contributed by atoms with van der Waals surface area (Å²) in [4.78, 5) is 18.9. The third kappa shape index (κ3) is 5.63. The zero-order chi connectivity index (χ0) is 24.3. The minimum absolute atomic E-state index is 0.0346. The van der Waals surface area contributed by atoms with Gasteiger partial charge in [0, 0.05) is 43.2 Å². The minimum atomic E-state index is -4.64. The average molecular weight is 475 g/mol. The Kier molecular flexibility index (Phi) is 6.68. The lowest BCUT2D eigenvalue weighted by molar-refractivity contribution is -0.137. The molecule has 12 heteroatoms. The first-order valence-electron chi connectivity index (χ1n) is 10.6. The molecule has 0 aromatic carbocycles. The van der Waals surface area contributed by atoms with E-state index < -0.39 is 11.7 Å². The zero-order valence-electron chi connectivity index (χ0n) is 18.6. The van der Waals surface area contributed by atoms with Crippen LogP contribution in [0.25, 0.3) is 11.3 Å². The van der Waals surface area contributed by atoms with Crippen LogP contribution in [0.15, 0.2) is 36.7 Å². The van der Waals surface area contributed by atoms with Crippen LogP contribution < -0.4 is 20.7 Å². The van der Waals surface area contributed by atoms with Gasteiger partial charge in [0.05, 0.1) is 30.6 Å². The molecule has 0 aliphatic carbocycles. The van der Waals surface area contributed by atoms with Crippen molar-refractivity contribution in [3.63, 3.8) is 0 Å². The number of alkyl halides is 3. The van der Waals surface area contributed by atoms with E-state index in [-0.39, 0.29) is 34.9 Å². The summed E-state index contributed by atoms with van der Waals surface area (Å²) in [7, 11) is 0.